The molecule has 164 valence electrons. The topological polar surface area (TPSA) is 143 Å². The van der Waals surface area contributed by atoms with Gasteiger partial charge in [-0.25, -0.2) is 0 Å². The van der Waals surface area contributed by atoms with Gasteiger partial charge in [-0.1, -0.05) is 44.2 Å². The van der Waals surface area contributed by atoms with Crippen LogP contribution in [0, 0.1) is 5.92 Å². The first-order valence-corrected chi connectivity index (χ1v) is 10.2. The molecule has 0 saturated carbocycles. The van der Waals surface area contributed by atoms with E-state index in [1.54, 1.807) is 0 Å². The van der Waals surface area contributed by atoms with E-state index in [4.69, 9.17) is 11.5 Å². The highest BCUT2D eigenvalue weighted by molar-refractivity contribution is 5.90. The van der Waals surface area contributed by atoms with E-state index in [-0.39, 0.29) is 30.2 Å². The zero-order chi connectivity index (χ0) is 22.1. The highest BCUT2D eigenvalue weighted by Gasteiger charge is 2.36. The van der Waals surface area contributed by atoms with E-state index in [0.29, 0.717) is 25.8 Å². The standard InChI is InChI=1S/C21H32N6O3/c1-14(2)10-17(27(19(29)12-22)18-8-9-24-21(23)26-18)20(30)25-16(13-28)11-15-6-4-3-5-7-15/h3-7,13-14,16-18H,8-12,22H2,1-2H3,(H,25,30)(H3,23,24,26)/t16-,17-,18-/m0/s1. The number of carbonyl (C=O) groups excluding carboxylic acids is 3. The Morgan fingerprint density at radius 1 is 1.33 bits per heavy atom. The third-order valence-corrected chi connectivity index (χ3v) is 4.92. The molecule has 0 bridgehead atoms. The average molecular weight is 417 g/mol. The molecule has 0 fully saturated rings. The second kappa shape index (κ2) is 11.3. The fourth-order valence-corrected chi connectivity index (χ4v) is 3.55. The van der Waals surface area contributed by atoms with Crippen molar-refractivity contribution < 1.29 is 14.4 Å². The van der Waals surface area contributed by atoms with Gasteiger partial charge in [0.2, 0.25) is 11.8 Å². The Hall–Kier alpha value is -2.94. The molecule has 0 aliphatic carbocycles. The minimum Gasteiger partial charge on any atom is -0.370 e. The molecule has 2 rings (SSSR count). The Kier molecular flexibility index (Phi) is 8.79. The first kappa shape index (κ1) is 23.3. The van der Waals surface area contributed by atoms with E-state index in [1.807, 2.05) is 44.2 Å². The largest absolute Gasteiger partial charge is 0.370 e. The van der Waals surface area contributed by atoms with Crippen LogP contribution < -0.4 is 22.1 Å². The van der Waals surface area contributed by atoms with E-state index in [9.17, 15) is 14.4 Å². The van der Waals surface area contributed by atoms with Crippen LogP contribution in [0.2, 0.25) is 0 Å². The molecule has 0 unspecified atom stereocenters. The lowest BCUT2D eigenvalue weighted by atomic mass is 9.99. The summed E-state index contributed by atoms with van der Waals surface area (Å²) in [4.78, 5) is 43.1. The molecule has 0 spiro atoms. The summed E-state index contributed by atoms with van der Waals surface area (Å²) in [5.41, 5.74) is 12.4. The number of hydrogen-bond donors (Lipinski definition) is 4. The van der Waals surface area contributed by atoms with E-state index < -0.39 is 18.2 Å². The molecule has 1 aliphatic rings. The first-order valence-electron chi connectivity index (χ1n) is 10.2. The number of nitrogens with two attached hydrogens (primary N) is 2. The molecule has 1 aromatic rings. The summed E-state index contributed by atoms with van der Waals surface area (Å²) in [5.74, 6) is -0.401. The van der Waals surface area contributed by atoms with E-state index in [1.165, 1.54) is 4.90 Å². The molecule has 1 aliphatic heterocycles. The number of hydrogen-bond acceptors (Lipinski definition) is 7. The Balaban J connectivity index is 2.23. The number of nitrogens with one attached hydrogen (secondary N) is 2. The number of aliphatic imine (C=N–C) groups is 1. The number of amides is 2. The van der Waals surface area contributed by atoms with E-state index in [2.05, 4.69) is 15.6 Å². The Labute approximate surface area is 177 Å². The quantitative estimate of drug-likeness (QED) is 0.387. The minimum atomic E-state index is -0.789. The van der Waals surface area contributed by atoms with Crippen LogP contribution in [0.15, 0.2) is 35.3 Å². The van der Waals surface area contributed by atoms with Gasteiger partial charge in [0.05, 0.1) is 12.6 Å². The first-order chi connectivity index (χ1) is 14.3. The predicted octanol–water partition coefficient (Wildman–Crippen LogP) is -0.251. The molecule has 3 atom stereocenters. The Morgan fingerprint density at radius 3 is 2.60 bits per heavy atom. The van der Waals surface area contributed by atoms with E-state index in [0.717, 1.165) is 11.8 Å². The van der Waals surface area contributed by atoms with Crippen molar-refractivity contribution in [2.24, 2.45) is 22.4 Å². The summed E-state index contributed by atoms with van der Waals surface area (Å²) in [6.07, 6.45) is 1.53. The van der Waals surface area contributed by atoms with Crippen molar-refractivity contribution >= 4 is 24.1 Å². The summed E-state index contributed by atoms with van der Waals surface area (Å²) in [7, 11) is 0. The van der Waals surface area contributed by atoms with Crippen LogP contribution in [0.5, 0.6) is 0 Å². The van der Waals surface area contributed by atoms with Crippen LogP contribution in [0.25, 0.3) is 0 Å². The van der Waals surface area contributed by atoms with Gasteiger partial charge < -0.3 is 31.8 Å². The van der Waals surface area contributed by atoms with Gasteiger partial charge in [0.15, 0.2) is 5.96 Å². The van der Waals surface area contributed by atoms with Crippen LogP contribution >= 0.6 is 0 Å². The van der Waals surface area contributed by atoms with Crippen LogP contribution in [0.4, 0.5) is 0 Å². The molecule has 1 heterocycles. The van der Waals surface area contributed by atoms with Gasteiger partial charge in [-0.05, 0) is 24.3 Å². The third-order valence-electron chi connectivity index (χ3n) is 4.92. The second-order valence-electron chi connectivity index (χ2n) is 7.81. The van der Waals surface area contributed by atoms with Crippen LogP contribution in [0.3, 0.4) is 0 Å². The van der Waals surface area contributed by atoms with Crippen molar-refractivity contribution in [2.45, 2.75) is 51.4 Å². The summed E-state index contributed by atoms with van der Waals surface area (Å²) < 4.78 is 0. The highest BCUT2D eigenvalue weighted by atomic mass is 16.2. The fourth-order valence-electron chi connectivity index (χ4n) is 3.55. The molecular formula is C21H32N6O3. The Bertz CT molecular complexity index is 752. The van der Waals surface area contributed by atoms with Crippen molar-refractivity contribution in [1.82, 2.24) is 15.5 Å². The predicted molar refractivity (Wildman–Crippen MR) is 115 cm³/mol. The second-order valence-corrected chi connectivity index (χ2v) is 7.81. The van der Waals surface area contributed by atoms with Crippen LogP contribution in [-0.4, -0.2) is 60.3 Å². The fraction of sp³-hybridized carbons (Fsp3) is 0.524. The lowest BCUT2D eigenvalue weighted by Crippen LogP contribution is -2.63. The molecule has 0 aromatic heterocycles. The summed E-state index contributed by atoms with van der Waals surface area (Å²) in [5, 5.41) is 5.77. The molecule has 0 radical (unpaired) electrons. The van der Waals surface area contributed by atoms with Crippen molar-refractivity contribution in [3.8, 4) is 0 Å². The maximum Gasteiger partial charge on any atom is 0.243 e. The molecule has 9 nitrogen and oxygen atoms in total. The van der Waals surface area contributed by atoms with Gasteiger partial charge in [-0.3, -0.25) is 14.6 Å². The van der Waals surface area contributed by atoms with Crippen LogP contribution in [-0.2, 0) is 20.8 Å². The van der Waals surface area contributed by atoms with Crippen molar-refractivity contribution in [3.05, 3.63) is 35.9 Å². The molecule has 6 N–H and O–H groups in total. The molecule has 1 aromatic carbocycles. The smallest absolute Gasteiger partial charge is 0.243 e. The molecule has 0 saturated heterocycles. The SMILES string of the molecule is CC(C)C[C@@H](C(=O)N[C@H](C=O)Cc1ccccc1)N(C(=O)CN)[C@H]1CCN=C(N)N1. The van der Waals surface area contributed by atoms with Crippen molar-refractivity contribution in [2.75, 3.05) is 13.1 Å². The van der Waals surface area contributed by atoms with E-state index >= 15 is 0 Å². The van der Waals surface area contributed by atoms with Gasteiger partial charge in [-0.15, -0.1) is 0 Å². The lowest BCUT2D eigenvalue weighted by molar-refractivity contribution is -0.144. The zero-order valence-electron chi connectivity index (χ0n) is 17.6. The molecular weight excluding hydrogens is 384 g/mol. The van der Waals surface area contributed by atoms with Gasteiger partial charge in [0.1, 0.15) is 18.5 Å². The van der Waals surface area contributed by atoms with Crippen LogP contribution in [0.1, 0.15) is 32.3 Å². The van der Waals surface area contributed by atoms with Gasteiger partial charge in [-0.2, -0.15) is 0 Å². The van der Waals surface area contributed by atoms with Gasteiger partial charge in [0.25, 0.3) is 0 Å². The number of nitrogens with zero attached hydrogens (tertiary/aromatic N) is 2. The van der Waals surface area contributed by atoms with Gasteiger partial charge >= 0.3 is 0 Å². The maximum absolute atomic E-state index is 13.2. The number of guanidine groups is 1. The number of rotatable bonds is 10. The normalized spacial score (nSPS) is 18.0. The monoisotopic (exact) mass is 416 g/mol. The molecule has 2 amide bonds. The molecule has 9 heteroatoms. The number of carbonyl (C=O) groups is 3. The summed E-state index contributed by atoms with van der Waals surface area (Å²) in [6.45, 7) is 4.14. The zero-order valence-corrected chi connectivity index (χ0v) is 17.6. The maximum atomic E-state index is 13.2. The van der Waals surface area contributed by atoms with Crippen molar-refractivity contribution in [3.63, 3.8) is 0 Å². The van der Waals surface area contributed by atoms with Gasteiger partial charge in [0, 0.05) is 13.0 Å². The number of aldehydes is 1. The number of benzene rings is 1. The van der Waals surface area contributed by atoms with Crippen molar-refractivity contribution in [1.29, 1.82) is 0 Å². The summed E-state index contributed by atoms with van der Waals surface area (Å²) >= 11 is 0. The lowest BCUT2D eigenvalue weighted by Gasteiger charge is -2.40. The summed E-state index contributed by atoms with van der Waals surface area (Å²) in [6, 6.07) is 7.95. The Morgan fingerprint density at radius 2 is 2.03 bits per heavy atom. The average Bonchev–Trinajstić information content (AvgIpc) is 2.73. The highest BCUT2D eigenvalue weighted by Crippen LogP contribution is 2.18. The molecule has 30 heavy (non-hydrogen) atoms. The third kappa shape index (κ3) is 6.55. The minimum absolute atomic E-state index is 0.132.